The average molecular weight is 314 g/mol. The lowest BCUT2D eigenvalue weighted by atomic mass is 10.2. The smallest absolute Gasteiger partial charge is 0.266 e. The Labute approximate surface area is 123 Å². The quantitative estimate of drug-likeness (QED) is 0.777. The van der Waals surface area contributed by atoms with E-state index >= 15 is 0 Å². The van der Waals surface area contributed by atoms with Crippen molar-refractivity contribution in [2.45, 2.75) is 31.6 Å². The van der Waals surface area contributed by atoms with Gasteiger partial charge in [0.2, 0.25) is 5.96 Å². The summed E-state index contributed by atoms with van der Waals surface area (Å²) in [6.45, 7) is 5.02. The number of halogens is 1. The van der Waals surface area contributed by atoms with Crippen LogP contribution < -0.4 is 15.4 Å². The molecule has 0 bridgehead atoms. The highest BCUT2D eigenvalue weighted by Crippen LogP contribution is 2.30. The number of nitrogens with zero attached hydrogens (tertiary/aromatic N) is 1. The van der Waals surface area contributed by atoms with Crippen LogP contribution >= 0.6 is 0 Å². The molecule has 0 aromatic heterocycles. The van der Waals surface area contributed by atoms with E-state index < -0.39 is 15.8 Å². The Hall–Kier alpha value is -1.83. The van der Waals surface area contributed by atoms with Crippen molar-refractivity contribution in [2.75, 3.05) is 23.7 Å². The van der Waals surface area contributed by atoms with Crippen molar-refractivity contribution >= 4 is 27.4 Å². The molecule has 3 N–H and O–H groups in total. The lowest BCUT2D eigenvalue weighted by Crippen LogP contribution is -2.41. The first-order valence-electron chi connectivity index (χ1n) is 6.89. The maximum atomic E-state index is 13.9. The monoisotopic (exact) mass is 314 g/mol. The van der Waals surface area contributed by atoms with Gasteiger partial charge >= 0.3 is 0 Å². The Morgan fingerprint density at radius 1 is 1.29 bits per heavy atom. The third kappa shape index (κ3) is 3.44. The van der Waals surface area contributed by atoms with E-state index in [9.17, 15) is 12.8 Å². The minimum atomic E-state index is -3.79. The van der Waals surface area contributed by atoms with Crippen LogP contribution in [0.3, 0.4) is 0 Å². The summed E-state index contributed by atoms with van der Waals surface area (Å²) in [4.78, 5) is 4.00. The molecule has 0 saturated carbocycles. The van der Waals surface area contributed by atoms with E-state index in [0.29, 0.717) is 18.8 Å². The van der Waals surface area contributed by atoms with E-state index in [4.69, 9.17) is 0 Å². The second-order valence-corrected chi connectivity index (χ2v) is 6.37. The molecule has 1 heterocycles. The predicted molar refractivity (Wildman–Crippen MR) is 81.7 cm³/mol. The van der Waals surface area contributed by atoms with E-state index in [1.807, 2.05) is 13.8 Å². The molecule has 0 unspecified atom stereocenters. The fourth-order valence-corrected chi connectivity index (χ4v) is 3.04. The normalized spacial score (nSPS) is 17.8. The van der Waals surface area contributed by atoms with Gasteiger partial charge < -0.3 is 10.6 Å². The van der Waals surface area contributed by atoms with Gasteiger partial charge in [0.05, 0.1) is 11.4 Å². The van der Waals surface area contributed by atoms with Crippen molar-refractivity contribution < 1.29 is 12.8 Å². The van der Waals surface area contributed by atoms with Crippen LogP contribution in [-0.2, 0) is 10.0 Å². The van der Waals surface area contributed by atoms with Crippen LogP contribution in [0.1, 0.15) is 26.7 Å². The molecule has 0 saturated heterocycles. The zero-order chi connectivity index (χ0) is 15.5. The maximum absolute atomic E-state index is 13.9. The van der Waals surface area contributed by atoms with Crippen molar-refractivity contribution in [3.05, 3.63) is 17.9 Å². The summed E-state index contributed by atoms with van der Waals surface area (Å²) >= 11 is 0. The number of nitrogens with one attached hydrogen (secondary N) is 3. The van der Waals surface area contributed by atoms with Crippen LogP contribution in [0, 0.1) is 5.82 Å². The van der Waals surface area contributed by atoms with Crippen LogP contribution in [0.5, 0.6) is 0 Å². The van der Waals surface area contributed by atoms with Gasteiger partial charge in [0.25, 0.3) is 10.0 Å². The molecular weight excluding hydrogens is 295 g/mol. The molecule has 0 fully saturated rings. The number of anilines is 2. The van der Waals surface area contributed by atoms with Gasteiger partial charge in [-0.1, -0.05) is 13.8 Å². The zero-order valence-electron chi connectivity index (χ0n) is 12.0. The highest BCUT2D eigenvalue weighted by molar-refractivity contribution is 7.90. The number of aliphatic imine (C=N–C) groups is 1. The summed E-state index contributed by atoms with van der Waals surface area (Å²) in [5, 5.41) is 5.81. The number of sulfonamides is 1. The van der Waals surface area contributed by atoms with E-state index in [-0.39, 0.29) is 16.5 Å². The Bertz CT molecular complexity index is 658. The summed E-state index contributed by atoms with van der Waals surface area (Å²) in [5.41, 5.74) is 0.596. The van der Waals surface area contributed by atoms with Crippen LogP contribution in [-0.4, -0.2) is 27.5 Å². The lowest BCUT2D eigenvalue weighted by molar-refractivity contribution is 0.587. The fourth-order valence-electron chi connectivity index (χ4n) is 1.90. The molecule has 0 aliphatic carbocycles. The molecule has 0 spiro atoms. The van der Waals surface area contributed by atoms with Crippen molar-refractivity contribution in [3.8, 4) is 0 Å². The number of hydrogen-bond donors (Lipinski definition) is 3. The number of rotatable bonds is 5. The molecule has 8 heteroatoms. The molecule has 1 aliphatic rings. The number of hydrogen-bond acceptors (Lipinski definition) is 4. The lowest BCUT2D eigenvalue weighted by Gasteiger charge is -2.22. The highest BCUT2D eigenvalue weighted by atomic mass is 32.2. The van der Waals surface area contributed by atoms with E-state index in [1.165, 1.54) is 6.07 Å². The van der Waals surface area contributed by atoms with E-state index in [0.717, 1.165) is 18.9 Å². The number of guanidine groups is 1. The summed E-state index contributed by atoms with van der Waals surface area (Å²) < 4.78 is 40.4. The summed E-state index contributed by atoms with van der Waals surface area (Å²) in [6.07, 6.45) is 1.64. The summed E-state index contributed by atoms with van der Waals surface area (Å²) in [7, 11) is -3.79. The number of benzene rings is 1. The van der Waals surface area contributed by atoms with Gasteiger partial charge in [-0.3, -0.25) is 4.99 Å². The van der Waals surface area contributed by atoms with Gasteiger partial charge in [0, 0.05) is 13.1 Å². The first-order chi connectivity index (χ1) is 9.97. The molecule has 1 aliphatic heterocycles. The van der Waals surface area contributed by atoms with Gasteiger partial charge in [-0.15, -0.1) is 0 Å². The second-order valence-electron chi connectivity index (χ2n) is 4.72. The molecule has 2 rings (SSSR count). The van der Waals surface area contributed by atoms with Gasteiger partial charge in [0.1, 0.15) is 10.7 Å². The Morgan fingerprint density at radius 2 is 2.05 bits per heavy atom. The first kappa shape index (κ1) is 15.6. The van der Waals surface area contributed by atoms with Crippen molar-refractivity contribution in [2.24, 2.45) is 4.99 Å². The molecule has 116 valence electrons. The summed E-state index contributed by atoms with van der Waals surface area (Å²) in [6, 6.07) is 2.47. The Kier molecular flexibility index (Phi) is 4.66. The largest absolute Gasteiger partial charge is 0.383 e. The second kappa shape index (κ2) is 6.30. The van der Waals surface area contributed by atoms with Gasteiger partial charge in [-0.25, -0.2) is 17.5 Å². The summed E-state index contributed by atoms with van der Waals surface area (Å²) in [5.74, 6) is -0.430. The van der Waals surface area contributed by atoms with Crippen molar-refractivity contribution in [3.63, 3.8) is 0 Å². The molecule has 1 aromatic carbocycles. The van der Waals surface area contributed by atoms with Gasteiger partial charge in [-0.05, 0) is 25.0 Å². The van der Waals surface area contributed by atoms with Gasteiger partial charge in [0.15, 0.2) is 0 Å². The third-order valence-corrected chi connectivity index (χ3v) is 4.28. The van der Waals surface area contributed by atoms with Crippen LogP contribution in [0.15, 0.2) is 22.0 Å². The van der Waals surface area contributed by atoms with Gasteiger partial charge in [-0.2, -0.15) is 0 Å². The minimum Gasteiger partial charge on any atom is -0.383 e. The highest BCUT2D eigenvalue weighted by Gasteiger charge is 2.28. The Morgan fingerprint density at radius 3 is 2.71 bits per heavy atom. The minimum absolute atomic E-state index is 0.113. The molecule has 6 nitrogen and oxygen atoms in total. The third-order valence-electron chi connectivity index (χ3n) is 2.90. The number of fused-ring (bicyclic) bond motifs is 1. The SMILES string of the molecule is CCCN=C1Nc2cc(NCCC)c(F)cc2S(=O)(=O)N1. The molecule has 21 heavy (non-hydrogen) atoms. The maximum Gasteiger partial charge on any atom is 0.266 e. The first-order valence-corrected chi connectivity index (χ1v) is 8.38. The van der Waals surface area contributed by atoms with E-state index in [1.54, 1.807) is 0 Å². The topological polar surface area (TPSA) is 82.6 Å². The molecular formula is C13H19FN4O2S. The van der Waals surface area contributed by atoms with Crippen molar-refractivity contribution in [1.29, 1.82) is 0 Å². The van der Waals surface area contributed by atoms with Crippen LogP contribution in [0.2, 0.25) is 0 Å². The van der Waals surface area contributed by atoms with E-state index in [2.05, 4.69) is 20.3 Å². The Balaban J connectivity index is 2.41. The fraction of sp³-hybridized carbons (Fsp3) is 0.462. The van der Waals surface area contributed by atoms with Crippen LogP contribution in [0.4, 0.5) is 15.8 Å². The van der Waals surface area contributed by atoms with Crippen LogP contribution in [0.25, 0.3) is 0 Å². The molecule has 1 aromatic rings. The zero-order valence-corrected chi connectivity index (χ0v) is 12.8. The predicted octanol–water partition coefficient (Wildman–Crippen LogP) is 2.12. The van der Waals surface area contributed by atoms with Crippen molar-refractivity contribution in [1.82, 2.24) is 4.72 Å². The molecule has 0 radical (unpaired) electrons. The molecule has 0 atom stereocenters. The standard InChI is InChI=1S/C13H19FN4O2S/c1-3-5-15-10-8-11-12(7-9(10)14)21(19,20)18-13(17-11)16-6-4-2/h7-8,15H,3-6H2,1-2H3,(H2,16,17,18). The average Bonchev–Trinajstić information content (AvgIpc) is 2.43. The molecule has 0 amide bonds.